The number of benzene rings is 1. The molecule has 1 aromatic carbocycles. The number of alkyl halides is 3. The molecule has 0 saturated heterocycles. The number of carboxylic acids is 1. The zero-order valence-electron chi connectivity index (χ0n) is 11.6. The molecule has 8 heteroatoms. The number of halogens is 4. The van der Waals surface area contributed by atoms with Gasteiger partial charge in [0, 0.05) is 12.1 Å². The minimum atomic E-state index is -5.08. The Morgan fingerprint density at radius 3 is 2.10 bits per heavy atom. The first-order valence-electron chi connectivity index (χ1n) is 6.11. The summed E-state index contributed by atoms with van der Waals surface area (Å²) >= 11 is 0. The monoisotopic (exact) mass is 311 g/mol. The van der Waals surface area contributed by atoms with E-state index in [1.807, 2.05) is 13.8 Å². The average molecular weight is 311 g/mol. The van der Waals surface area contributed by atoms with Gasteiger partial charge in [-0.05, 0) is 31.3 Å². The molecule has 21 heavy (non-hydrogen) atoms. The molecular weight excluding hydrogens is 294 g/mol. The Hall–Kier alpha value is -1.83. The average Bonchev–Trinajstić information content (AvgIpc) is 2.39. The van der Waals surface area contributed by atoms with Gasteiger partial charge in [0.15, 0.2) is 0 Å². The van der Waals surface area contributed by atoms with Gasteiger partial charge in [-0.25, -0.2) is 9.18 Å². The van der Waals surface area contributed by atoms with E-state index < -0.39 is 12.1 Å². The number of phenolic OH excluding ortho intramolecular Hbond substituents is 1. The van der Waals surface area contributed by atoms with Crippen LogP contribution in [0.2, 0.25) is 0 Å². The predicted molar refractivity (Wildman–Crippen MR) is 68.4 cm³/mol. The van der Waals surface area contributed by atoms with Crippen molar-refractivity contribution >= 4 is 5.97 Å². The second kappa shape index (κ2) is 8.46. The predicted octanol–water partition coefficient (Wildman–Crippen LogP) is 3.01. The van der Waals surface area contributed by atoms with Crippen molar-refractivity contribution in [1.82, 2.24) is 4.90 Å². The molecule has 0 aliphatic rings. The van der Waals surface area contributed by atoms with Crippen LogP contribution < -0.4 is 0 Å². The standard InChI is InChI=1S/C11H16FNO.C2HF3O2/c1-3-13(4-2)8-9-7-10(12)5-6-11(9)14;3-2(4,5)1(6)7/h5-7,14H,3-4,8H2,1-2H3;(H,6,7). The van der Waals surface area contributed by atoms with Gasteiger partial charge >= 0.3 is 12.1 Å². The van der Waals surface area contributed by atoms with Crippen LogP contribution in [0.1, 0.15) is 19.4 Å². The number of carbonyl (C=O) groups is 1. The minimum Gasteiger partial charge on any atom is -0.508 e. The smallest absolute Gasteiger partial charge is 0.490 e. The summed E-state index contributed by atoms with van der Waals surface area (Å²) in [5.41, 5.74) is 0.647. The summed E-state index contributed by atoms with van der Waals surface area (Å²) in [6, 6.07) is 4.04. The lowest BCUT2D eigenvalue weighted by Gasteiger charge is -2.18. The van der Waals surface area contributed by atoms with Gasteiger partial charge in [0.2, 0.25) is 0 Å². The first-order chi connectivity index (χ1) is 9.61. The largest absolute Gasteiger partial charge is 0.508 e. The van der Waals surface area contributed by atoms with E-state index in [2.05, 4.69) is 4.90 Å². The van der Waals surface area contributed by atoms with Crippen LogP contribution in [0.15, 0.2) is 18.2 Å². The molecule has 0 amide bonds. The first-order valence-corrected chi connectivity index (χ1v) is 6.11. The molecule has 0 saturated carbocycles. The molecule has 120 valence electrons. The maximum Gasteiger partial charge on any atom is 0.490 e. The van der Waals surface area contributed by atoms with Crippen molar-refractivity contribution < 1.29 is 32.6 Å². The van der Waals surface area contributed by atoms with Crippen molar-refractivity contribution in [2.75, 3.05) is 13.1 Å². The van der Waals surface area contributed by atoms with Gasteiger partial charge in [0.25, 0.3) is 0 Å². The maximum absolute atomic E-state index is 12.9. The van der Waals surface area contributed by atoms with Gasteiger partial charge in [0.1, 0.15) is 11.6 Å². The molecule has 1 aromatic rings. The van der Waals surface area contributed by atoms with E-state index in [-0.39, 0.29) is 11.6 Å². The Morgan fingerprint density at radius 2 is 1.71 bits per heavy atom. The van der Waals surface area contributed by atoms with Crippen molar-refractivity contribution in [3.63, 3.8) is 0 Å². The fraction of sp³-hybridized carbons (Fsp3) is 0.462. The van der Waals surface area contributed by atoms with Crippen molar-refractivity contribution in [2.24, 2.45) is 0 Å². The van der Waals surface area contributed by atoms with Crippen molar-refractivity contribution in [1.29, 1.82) is 0 Å². The molecule has 0 aliphatic carbocycles. The number of phenols is 1. The van der Waals surface area contributed by atoms with E-state index in [1.54, 1.807) is 0 Å². The Balaban J connectivity index is 0.000000486. The second-order valence-electron chi connectivity index (χ2n) is 4.04. The number of nitrogens with zero attached hydrogens (tertiary/aromatic N) is 1. The molecule has 0 unspecified atom stereocenters. The van der Waals surface area contributed by atoms with E-state index in [0.29, 0.717) is 12.1 Å². The lowest BCUT2D eigenvalue weighted by Crippen LogP contribution is -2.22. The molecule has 0 spiro atoms. The van der Waals surface area contributed by atoms with Crippen molar-refractivity contribution in [3.8, 4) is 5.75 Å². The van der Waals surface area contributed by atoms with Gasteiger partial charge in [-0.1, -0.05) is 13.8 Å². The lowest BCUT2D eigenvalue weighted by molar-refractivity contribution is -0.192. The summed E-state index contributed by atoms with van der Waals surface area (Å²) in [6.45, 7) is 6.47. The van der Waals surface area contributed by atoms with Crippen molar-refractivity contribution in [2.45, 2.75) is 26.6 Å². The number of aliphatic carboxylic acids is 1. The molecule has 0 aliphatic heterocycles. The summed E-state index contributed by atoms with van der Waals surface area (Å²) in [6.07, 6.45) is -5.08. The highest BCUT2D eigenvalue weighted by molar-refractivity contribution is 5.73. The molecule has 2 N–H and O–H groups in total. The Labute approximate surface area is 119 Å². The Morgan fingerprint density at radius 1 is 1.24 bits per heavy atom. The highest BCUT2D eigenvalue weighted by Crippen LogP contribution is 2.19. The van der Waals surface area contributed by atoms with Crippen LogP contribution >= 0.6 is 0 Å². The molecule has 0 radical (unpaired) electrons. The van der Waals surface area contributed by atoms with E-state index in [1.165, 1.54) is 18.2 Å². The van der Waals surface area contributed by atoms with Gasteiger partial charge in [-0.15, -0.1) is 0 Å². The van der Waals surface area contributed by atoms with Crippen LogP contribution in [0.3, 0.4) is 0 Å². The van der Waals surface area contributed by atoms with E-state index in [0.717, 1.165) is 13.1 Å². The normalized spacial score (nSPS) is 11.0. The maximum atomic E-state index is 12.9. The zero-order chi connectivity index (χ0) is 16.6. The van der Waals surface area contributed by atoms with Gasteiger partial charge < -0.3 is 10.2 Å². The summed E-state index contributed by atoms with van der Waals surface area (Å²) < 4.78 is 44.6. The van der Waals surface area contributed by atoms with E-state index in [4.69, 9.17) is 9.90 Å². The zero-order valence-corrected chi connectivity index (χ0v) is 11.6. The fourth-order valence-electron chi connectivity index (χ4n) is 1.37. The van der Waals surface area contributed by atoms with Crippen LogP contribution in [-0.4, -0.2) is 40.3 Å². The van der Waals surface area contributed by atoms with Crippen LogP contribution in [0.5, 0.6) is 5.75 Å². The van der Waals surface area contributed by atoms with Gasteiger partial charge in [0.05, 0.1) is 0 Å². The van der Waals surface area contributed by atoms with Gasteiger partial charge in [-0.3, -0.25) is 4.90 Å². The summed E-state index contributed by atoms with van der Waals surface area (Å²) in [5.74, 6) is -2.89. The number of rotatable bonds is 4. The molecule has 0 bridgehead atoms. The topological polar surface area (TPSA) is 60.8 Å². The molecule has 0 fully saturated rings. The molecule has 1 rings (SSSR count). The van der Waals surface area contributed by atoms with E-state index in [9.17, 15) is 22.7 Å². The third kappa shape index (κ3) is 7.50. The second-order valence-corrected chi connectivity index (χ2v) is 4.04. The van der Waals surface area contributed by atoms with Crippen LogP contribution in [-0.2, 0) is 11.3 Å². The molecule has 0 heterocycles. The quantitative estimate of drug-likeness (QED) is 0.839. The number of hydrogen-bond donors (Lipinski definition) is 2. The SMILES string of the molecule is CCN(CC)Cc1cc(F)ccc1O.O=C(O)C(F)(F)F. The molecule has 0 aromatic heterocycles. The molecule has 4 nitrogen and oxygen atoms in total. The fourth-order valence-corrected chi connectivity index (χ4v) is 1.37. The lowest BCUT2D eigenvalue weighted by atomic mass is 10.2. The third-order valence-corrected chi connectivity index (χ3v) is 2.57. The Bertz CT molecular complexity index is 459. The minimum absolute atomic E-state index is 0.165. The van der Waals surface area contributed by atoms with Crippen LogP contribution in [0, 0.1) is 5.82 Å². The van der Waals surface area contributed by atoms with Crippen molar-refractivity contribution in [3.05, 3.63) is 29.6 Å². The molecule has 0 atom stereocenters. The summed E-state index contributed by atoms with van der Waals surface area (Å²) in [7, 11) is 0. The van der Waals surface area contributed by atoms with Gasteiger partial charge in [-0.2, -0.15) is 13.2 Å². The first kappa shape index (κ1) is 19.2. The van der Waals surface area contributed by atoms with Crippen LogP contribution in [0.25, 0.3) is 0 Å². The number of hydrogen-bond acceptors (Lipinski definition) is 3. The van der Waals surface area contributed by atoms with Crippen LogP contribution in [0.4, 0.5) is 17.6 Å². The number of carboxylic acid groups (broad SMARTS) is 1. The van der Waals surface area contributed by atoms with E-state index >= 15 is 0 Å². The highest BCUT2D eigenvalue weighted by Gasteiger charge is 2.38. The Kier molecular flexibility index (Phi) is 7.72. The third-order valence-electron chi connectivity index (χ3n) is 2.57. The summed E-state index contributed by atoms with van der Waals surface area (Å²) in [5, 5.41) is 16.6. The number of aromatic hydroxyl groups is 1. The highest BCUT2D eigenvalue weighted by atomic mass is 19.4. The molecular formula is C13H17F4NO3. The summed E-state index contributed by atoms with van der Waals surface area (Å²) in [4.78, 5) is 11.0.